The maximum atomic E-state index is 3.42. The minimum Gasteiger partial charge on any atom is -1.00 e. The van der Waals surface area contributed by atoms with E-state index < -0.39 is 0 Å². The van der Waals surface area contributed by atoms with Crippen molar-refractivity contribution < 1.29 is 32.8 Å². The van der Waals surface area contributed by atoms with E-state index >= 15 is 0 Å². The van der Waals surface area contributed by atoms with Gasteiger partial charge in [-0.1, -0.05) is 49.5 Å². The molecular formula is C13H28ClPPd. The molecule has 0 spiro atoms. The fourth-order valence-electron chi connectivity index (χ4n) is 1.79. The van der Waals surface area contributed by atoms with Crippen LogP contribution in [-0.2, 0) is 20.4 Å². The van der Waals surface area contributed by atoms with Crippen LogP contribution in [0.3, 0.4) is 0 Å². The van der Waals surface area contributed by atoms with Crippen LogP contribution in [0.1, 0.15) is 48.5 Å². The molecule has 0 N–H and O–H groups in total. The van der Waals surface area contributed by atoms with Crippen LogP contribution in [0.5, 0.6) is 0 Å². The van der Waals surface area contributed by atoms with Gasteiger partial charge in [-0.15, -0.1) is 6.92 Å². The van der Waals surface area contributed by atoms with Crippen LogP contribution < -0.4 is 12.4 Å². The first-order valence-corrected chi connectivity index (χ1v) is 7.11. The van der Waals surface area contributed by atoms with Gasteiger partial charge in [0.2, 0.25) is 0 Å². The number of hydrogen-bond donors (Lipinski definition) is 0. The Bertz CT molecular complexity index is 122. The van der Waals surface area contributed by atoms with E-state index in [1.165, 1.54) is 0 Å². The van der Waals surface area contributed by atoms with Crippen molar-refractivity contribution in [2.24, 2.45) is 0 Å². The third-order valence-electron chi connectivity index (χ3n) is 2.02. The van der Waals surface area contributed by atoms with E-state index in [0.29, 0.717) is 0 Å². The second-order valence-electron chi connectivity index (χ2n) is 4.30. The monoisotopic (exact) mass is 356 g/mol. The van der Waals surface area contributed by atoms with Crippen LogP contribution in [0.2, 0.25) is 0 Å². The molecule has 0 atom stereocenters. The van der Waals surface area contributed by atoms with Crippen molar-refractivity contribution in [1.29, 1.82) is 0 Å². The van der Waals surface area contributed by atoms with Gasteiger partial charge in [0.05, 0.1) is 0 Å². The van der Waals surface area contributed by atoms with Gasteiger partial charge in [0.25, 0.3) is 0 Å². The summed E-state index contributed by atoms with van der Waals surface area (Å²) >= 11 is 0. The molecule has 0 unspecified atom stereocenters. The molecule has 102 valence electrons. The van der Waals surface area contributed by atoms with Crippen molar-refractivity contribution >= 4 is 7.92 Å². The zero-order valence-electron chi connectivity index (χ0n) is 11.7. The van der Waals surface area contributed by atoms with Crippen LogP contribution >= 0.6 is 7.92 Å². The Balaban J connectivity index is -0.000000105. The molecule has 0 fully saturated rings. The van der Waals surface area contributed by atoms with Gasteiger partial charge < -0.3 is 12.4 Å². The average Bonchev–Trinajstić information content (AvgIpc) is 2.02. The Morgan fingerprint density at radius 2 is 1.06 bits per heavy atom. The number of allylic oxidation sites excluding steroid dienone is 2. The molecule has 0 rings (SSSR count). The summed E-state index contributed by atoms with van der Waals surface area (Å²) in [7, 11) is 0.262. The van der Waals surface area contributed by atoms with E-state index in [2.05, 4.69) is 48.5 Å². The standard InChI is InChI=1S/C9H21P.C4H7.ClH.Pd/c1-7(2)10(8(3)4)9(5)6;1-3-4-2;;/h7-9H,1-6H3;3-4H,1H2,2H3;1H;/q;-1;;+2/p-1/b;4-3+;;. The van der Waals surface area contributed by atoms with Crippen LogP contribution in [-0.4, -0.2) is 17.0 Å². The Labute approximate surface area is 125 Å². The molecule has 0 aromatic carbocycles. The number of rotatable bonds is 3. The predicted octanol–water partition coefficient (Wildman–Crippen LogP) is 2.09. The molecule has 0 aliphatic carbocycles. The fraction of sp³-hybridized carbons (Fsp3) is 0.769. The summed E-state index contributed by atoms with van der Waals surface area (Å²) in [5, 5.41) is 0. The Morgan fingerprint density at radius 1 is 0.875 bits per heavy atom. The molecule has 0 heterocycles. The molecule has 0 saturated heterocycles. The normalized spacial score (nSPS) is 10.2. The number of hydrogen-bond acceptors (Lipinski definition) is 0. The van der Waals surface area contributed by atoms with Gasteiger partial charge >= 0.3 is 20.4 Å². The third kappa shape index (κ3) is 15.0. The first-order valence-electron chi connectivity index (χ1n) is 5.56. The van der Waals surface area contributed by atoms with Crippen molar-refractivity contribution in [3.8, 4) is 0 Å². The van der Waals surface area contributed by atoms with Gasteiger partial charge in [-0.3, -0.25) is 0 Å². The van der Waals surface area contributed by atoms with Crippen LogP contribution in [0, 0.1) is 6.92 Å². The van der Waals surface area contributed by atoms with Crippen molar-refractivity contribution in [3.05, 3.63) is 19.1 Å². The van der Waals surface area contributed by atoms with Crippen molar-refractivity contribution in [2.45, 2.75) is 65.4 Å². The first kappa shape index (κ1) is 25.7. The van der Waals surface area contributed by atoms with Crippen molar-refractivity contribution in [1.82, 2.24) is 0 Å². The Kier molecular flexibility index (Phi) is 25.7. The minimum atomic E-state index is 0. The molecule has 0 aromatic heterocycles. The van der Waals surface area contributed by atoms with E-state index in [9.17, 15) is 0 Å². The molecule has 0 aromatic rings. The topological polar surface area (TPSA) is 0 Å². The largest absolute Gasteiger partial charge is 2.00 e. The molecule has 0 radical (unpaired) electrons. The quantitative estimate of drug-likeness (QED) is 0.412. The molecule has 3 heteroatoms. The molecule has 0 saturated carbocycles. The summed E-state index contributed by atoms with van der Waals surface area (Å²) in [5.41, 5.74) is 2.69. The van der Waals surface area contributed by atoms with E-state index in [1.807, 2.05) is 13.0 Å². The number of halogens is 1. The van der Waals surface area contributed by atoms with Crippen LogP contribution in [0.4, 0.5) is 0 Å². The van der Waals surface area contributed by atoms with E-state index in [0.717, 1.165) is 17.0 Å². The fourth-order valence-corrected chi connectivity index (χ4v) is 5.37. The third-order valence-corrected chi connectivity index (χ3v) is 5.60. The molecule has 0 nitrogen and oxygen atoms in total. The second-order valence-corrected chi connectivity index (χ2v) is 8.29. The first-order chi connectivity index (χ1) is 6.38. The second kappa shape index (κ2) is 16.0. The van der Waals surface area contributed by atoms with Crippen LogP contribution in [0.25, 0.3) is 0 Å². The molecule has 0 aliphatic rings. The van der Waals surface area contributed by atoms with E-state index in [1.54, 1.807) is 6.08 Å². The van der Waals surface area contributed by atoms with Gasteiger partial charge in [0.1, 0.15) is 0 Å². The summed E-state index contributed by atoms with van der Waals surface area (Å²) in [6, 6.07) is 0. The predicted molar refractivity (Wildman–Crippen MR) is 72.5 cm³/mol. The maximum absolute atomic E-state index is 3.42. The van der Waals surface area contributed by atoms with E-state index in [-0.39, 0.29) is 40.8 Å². The van der Waals surface area contributed by atoms with Gasteiger partial charge in [0, 0.05) is 0 Å². The maximum Gasteiger partial charge on any atom is 2.00 e. The van der Waals surface area contributed by atoms with Gasteiger partial charge in [-0.25, -0.2) is 19.1 Å². The van der Waals surface area contributed by atoms with Gasteiger partial charge in [-0.05, 0) is 17.0 Å². The molecule has 0 bridgehead atoms. The summed E-state index contributed by atoms with van der Waals surface area (Å²) in [5.74, 6) is 0. The smallest absolute Gasteiger partial charge is 1.00 e. The van der Waals surface area contributed by atoms with Crippen LogP contribution in [0.15, 0.2) is 12.2 Å². The molecule has 0 aliphatic heterocycles. The minimum absolute atomic E-state index is 0. The van der Waals surface area contributed by atoms with Gasteiger partial charge in [0.15, 0.2) is 0 Å². The summed E-state index contributed by atoms with van der Waals surface area (Å²) in [4.78, 5) is 0. The summed E-state index contributed by atoms with van der Waals surface area (Å²) in [6.07, 6.45) is 3.64. The zero-order chi connectivity index (χ0) is 11.7. The van der Waals surface area contributed by atoms with E-state index in [4.69, 9.17) is 0 Å². The summed E-state index contributed by atoms with van der Waals surface area (Å²) in [6.45, 7) is 19.5. The molecule has 0 amide bonds. The van der Waals surface area contributed by atoms with Crippen molar-refractivity contribution in [3.63, 3.8) is 0 Å². The molecular weight excluding hydrogens is 329 g/mol. The zero-order valence-corrected chi connectivity index (χ0v) is 14.9. The summed E-state index contributed by atoms with van der Waals surface area (Å²) < 4.78 is 0. The van der Waals surface area contributed by atoms with Crippen molar-refractivity contribution in [2.75, 3.05) is 0 Å². The molecule has 16 heavy (non-hydrogen) atoms. The Morgan fingerprint density at radius 3 is 1.06 bits per heavy atom. The SMILES string of the molecule is CC(C)P(C(C)C)C(C)C.[CH2-]/C=C/C.[Cl-].[Pd+2]. The van der Waals surface area contributed by atoms with Gasteiger partial charge in [-0.2, -0.15) is 0 Å². The Hall–Kier alpha value is 0.992. The average molecular weight is 357 g/mol.